The molecule has 0 atom stereocenters. The number of carbonyl (C=O) groups excluding carboxylic acids is 1. The van der Waals surface area contributed by atoms with Gasteiger partial charge in [0.25, 0.3) is 10.0 Å². The molecule has 2 aromatic rings. The maximum absolute atomic E-state index is 13.3. The summed E-state index contributed by atoms with van der Waals surface area (Å²) in [6.07, 6.45) is 0. The van der Waals surface area contributed by atoms with Crippen molar-refractivity contribution >= 4 is 21.6 Å². The molecule has 8 heteroatoms. The number of hydrogen-bond donors (Lipinski definition) is 0. The Hall–Kier alpha value is -2.58. The van der Waals surface area contributed by atoms with E-state index >= 15 is 0 Å². The van der Waals surface area contributed by atoms with Gasteiger partial charge in [-0.15, -0.1) is 0 Å². The van der Waals surface area contributed by atoms with Gasteiger partial charge in [-0.05, 0) is 43.3 Å². The summed E-state index contributed by atoms with van der Waals surface area (Å²) in [5.41, 5.74) is 1.36. The third-order valence-corrected chi connectivity index (χ3v) is 6.40. The summed E-state index contributed by atoms with van der Waals surface area (Å²) < 4.78 is 38.2. The highest BCUT2D eigenvalue weighted by Crippen LogP contribution is 2.26. The van der Waals surface area contributed by atoms with Crippen LogP contribution in [0, 0.1) is 6.92 Å². The van der Waals surface area contributed by atoms with Crippen molar-refractivity contribution < 1.29 is 22.7 Å². The fourth-order valence-electron chi connectivity index (χ4n) is 2.94. The molecule has 0 saturated carbocycles. The lowest BCUT2D eigenvalue weighted by molar-refractivity contribution is -0.133. The smallest absolute Gasteiger partial charge is 0.264 e. The second-order valence-electron chi connectivity index (χ2n) is 6.52. The zero-order valence-electron chi connectivity index (χ0n) is 16.0. The summed E-state index contributed by atoms with van der Waals surface area (Å²) in [6, 6.07) is 13.2. The Kier molecular flexibility index (Phi) is 6.21. The molecule has 150 valence electrons. The number of ether oxygens (including phenoxy) is 2. The second kappa shape index (κ2) is 8.62. The Morgan fingerprint density at radius 2 is 1.68 bits per heavy atom. The molecule has 2 aromatic carbocycles. The van der Waals surface area contributed by atoms with Crippen molar-refractivity contribution in [1.29, 1.82) is 0 Å². The molecule has 0 bridgehead atoms. The maximum atomic E-state index is 13.3. The summed E-state index contributed by atoms with van der Waals surface area (Å²) in [7, 11) is -2.37. The van der Waals surface area contributed by atoms with Crippen LogP contribution in [0.2, 0.25) is 0 Å². The third-order valence-electron chi connectivity index (χ3n) is 4.61. The van der Waals surface area contributed by atoms with E-state index in [-0.39, 0.29) is 17.3 Å². The Labute approximate surface area is 165 Å². The lowest BCUT2D eigenvalue weighted by atomic mass is 10.2. The summed E-state index contributed by atoms with van der Waals surface area (Å²) in [5, 5.41) is 0. The van der Waals surface area contributed by atoms with Crippen LogP contribution >= 0.6 is 0 Å². The molecule has 0 N–H and O–H groups in total. The lowest BCUT2D eigenvalue weighted by Crippen LogP contribution is -2.47. The normalized spacial score (nSPS) is 14.6. The van der Waals surface area contributed by atoms with Crippen LogP contribution in [0.25, 0.3) is 0 Å². The molecule has 0 unspecified atom stereocenters. The zero-order chi connectivity index (χ0) is 20.1. The Morgan fingerprint density at radius 1 is 1.07 bits per heavy atom. The predicted octanol–water partition coefficient (Wildman–Crippen LogP) is 2.06. The fourth-order valence-corrected chi connectivity index (χ4v) is 4.35. The van der Waals surface area contributed by atoms with Crippen LogP contribution in [-0.2, 0) is 19.6 Å². The lowest BCUT2D eigenvalue weighted by Gasteiger charge is -2.30. The Morgan fingerprint density at radius 3 is 2.25 bits per heavy atom. The molecule has 1 aliphatic rings. The van der Waals surface area contributed by atoms with Crippen molar-refractivity contribution in [3.05, 3.63) is 54.1 Å². The molecule has 0 aliphatic carbocycles. The van der Waals surface area contributed by atoms with Crippen molar-refractivity contribution in [2.45, 2.75) is 11.8 Å². The number of anilines is 1. The van der Waals surface area contributed by atoms with Crippen molar-refractivity contribution in [3.8, 4) is 5.75 Å². The van der Waals surface area contributed by atoms with Gasteiger partial charge in [0.1, 0.15) is 12.3 Å². The number of carbonyl (C=O) groups is 1. The Bertz CT molecular complexity index is 905. The molecular weight excluding hydrogens is 380 g/mol. The number of aryl methyl sites for hydroxylation is 1. The average Bonchev–Trinajstić information content (AvgIpc) is 2.73. The molecule has 1 fully saturated rings. The van der Waals surface area contributed by atoms with E-state index in [9.17, 15) is 13.2 Å². The maximum Gasteiger partial charge on any atom is 0.264 e. The highest BCUT2D eigenvalue weighted by molar-refractivity contribution is 7.92. The monoisotopic (exact) mass is 404 g/mol. The molecule has 1 aliphatic heterocycles. The molecule has 1 amide bonds. The summed E-state index contributed by atoms with van der Waals surface area (Å²) in [4.78, 5) is 14.5. The van der Waals surface area contributed by atoms with Gasteiger partial charge >= 0.3 is 0 Å². The van der Waals surface area contributed by atoms with Crippen LogP contribution in [0.5, 0.6) is 5.75 Å². The van der Waals surface area contributed by atoms with Crippen LogP contribution in [-0.4, -0.2) is 59.2 Å². The number of amides is 1. The van der Waals surface area contributed by atoms with Gasteiger partial charge in [0, 0.05) is 13.1 Å². The zero-order valence-corrected chi connectivity index (χ0v) is 16.8. The topological polar surface area (TPSA) is 76.2 Å². The third kappa shape index (κ3) is 4.45. The van der Waals surface area contributed by atoms with Crippen molar-refractivity contribution in [3.63, 3.8) is 0 Å². The highest BCUT2D eigenvalue weighted by atomic mass is 32.2. The van der Waals surface area contributed by atoms with Crippen LogP contribution in [0.1, 0.15) is 5.56 Å². The first-order chi connectivity index (χ1) is 13.4. The number of hydrogen-bond acceptors (Lipinski definition) is 5. The summed E-state index contributed by atoms with van der Waals surface area (Å²) in [5.74, 6) is 0.353. The molecule has 1 heterocycles. The number of benzene rings is 2. The molecule has 28 heavy (non-hydrogen) atoms. The van der Waals surface area contributed by atoms with E-state index < -0.39 is 10.0 Å². The summed E-state index contributed by atoms with van der Waals surface area (Å²) >= 11 is 0. The number of nitrogens with zero attached hydrogens (tertiary/aromatic N) is 2. The van der Waals surface area contributed by atoms with Gasteiger partial charge < -0.3 is 14.4 Å². The molecule has 0 spiro atoms. The molecule has 0 aromatic heterocycles. The van der Waals surface area contributed by atoms with E-state index in [4.69, 9.17) is 9.47 Å². The Balaban J connectivity index is 1.95. The largest absolute Gasteiger partial charge is 0.497 e. The van der Waals surface area contributed by atoms with Gasteiger partial charge in [0.2, 0.25) is 5.91 Å². The van der Waals surface area contributed by atoms with E-state index in [1.165, 1.54) is 7.11 Å². The SMILES string of the molecule is COc1ccc(N(CC(=O)N2CCOCC2)S(=O)(=O)c2ccc(C)cc2)cc1. The van der Waals surface area contributed by atoms with Gasteiger partial charge in [0.05, 0.1) is 30.9 Å². The minimum absolute atomic E-state index is 0.142. The van der Waals surface area contributed by atoms with Gasteiger partial charge in [-0.2, -0.15) is 0 Å². The van der Waals surface area contributed by atoms with E-state index in [0.717, 1.165) is 9.87 Å². The molecule has 1 saturated heterocycles. The minimum atomic E-state index is -3.91. The second-order valence-corrected chi connectivity index (χ2v) is 8.38. The number of rotatable bonds is 6. The number of methoxy groups -OCH3 is 1. The van der Waals surface area contributed by atoms with Gasteiger partial charge in [-0.1, -0.05) is 17.7 Å². The first-order valence-corrected chi connectivity index (χ1v) is 10.4. The van der Waals surface area contributed by atoms with E-state index in [2.05, 4.69) is 0 Å². The molecule has 7 nitrogen and oxygen atoms in total. The number of morpholine rings is 1. The van der Waals surface area contributed by atoms with E-state index in [1.807, 2.05) is 6.92 Å². The van der Waals surface area contributed by atoms with Gasteiger partial charge in [-0.25, -0.2) is 8.42 Å². The van der Waals surface area contributed by atoms with Crippen LogP contribution in [0.15, 0.2) is 53.4 Å². The first-order valence-electron chi connectivity index (χ1n) is 9.01. The summed E-state index contributed by atoms with van der Waals surface area (Å²) in [6.45, 7) is 3.44. The van der Waals surface area contributed by atoms with Gasteiger partial charge in [-0.3, -0.25) is 9.10 Å². The van der Waals surface area contributed by atoms with Crippen LogP contribution < -0.4 is 9.04 Å². The fraction of sp³-hybridized carbons (Fsp3) is 0.350. The standard InChI is InChI=1S/C20H24N2O5S/c1-16-3-9-19(10-4-16)28(24,25)22(17-5-7-18(26-2)8-6-17)15-20(23)21-11-13-27-14-12-21/h3-10H,11-15H2,1-2H3. The molecule has 3 rings (SSSR count). The van der Waals surface area contributed by atoms with E-state index in [0.29, 0.717) is 37.7 Å². The first kappa shape index (κ1) is 20.2. The van der Waals surface area contributed by atoms with Crippen molar-refractivity contribution in [1.82, 2.24) is 4.90 Å². The van der Waals surface area contributed by atoms with Crippen molar-refractivity contribution in [2.24, 2.45) is 0 Å². The van der Waals surface area contributed by atoms with Gasteiger partial charge in [0.15, 0.2) is 0 Å². The minimum Gasteiger partial charge on any atom is -0.497 e. The number of sulfonamides is 1. The predicted molar refractivity (Wildman–Crippen MR) is 106 cm³/mol. The highest BCUT2D eigenvalue weighted by Gasteiger charge is 2.29. The quantitative estimate of drug-likeness (QED) is 0.737. The van der Waals surface area contributed by atoms with E-state index in [1.54, 1.807) is 53.4 Å². The molecule has 0 radical (unpaired) electrons. The van der Waals surface area contributed by atoms with Crippen LogP contribution in [0.4, 0.5) is 5.69 Å². The van der Waals surface area contributed by atoms with Crippen LogP contribution in [0.3, 0.4) is 0 Å². The molecular formula is C20H24N2O5S. The average molecular weight is 404 g/mol. The van der Waals surface area contributed by atoms with Crippen molar-refractivity contribution in [2.75, 3.05) is 44.3 Å².